The molecule has 2 amide bonds. The molecule has 3 aromatic rings. The third kappa shape index (κ3) is 4.28. The second-order valence-corrected chi connectivity index (χ2v) is 7.47. The maximum atomic E-state index is 12.9. The maximum absolute atomic E-state index is 12.9. The van der Waals surface area contributed by atoms with Gasteiger partial charge in [0.25, 0.3) is 11.8 Å². The molecule has 7 nitrogen and oxygen atoms in total. The summed E-state index contributed by atoms with van der Waals surface area (Å²) in [6, 6.07) is 5.40. The van der Waals surface area contributed by atoms with Crippen LogP contribution in [0.3, 0.4) is 0 Å². The van der Waals surface area contributed by atoms with Crippen LogP contribution >= 0.6 is 11.3 Å². The molecular weight excluding hydrogens is 374 g/mol. The number of hydrogen-bond acceptors (Lipinski definition) is 5. The number of hydrogen-bond donors (Lipinski definition) is 2. The standard InChI is InChI=1S/C20H23N5O2S/c1-4-15-13(3)28-20(23-18(26)16-8-10-25(5-2)24-16)17(15)19(27)22-12-14-7-6-9-21-11-14/h6-11H,4-5,12H2,1-3H3,(H,22,27)(H,23,26). The van der Waals surface area contributed by atoms with Crippen molar-refractivity contribution in [1.82, 2.24) is 20.1 Å². The predicted molar refractivity (Wildman–Crippen MR) is 110 cm³/mol. The van der Waals surface area contributed by atoms with Gasteiger partial charge in [0.1, 0.15) is 5.00 Å². The number of amides is 2. The highest BCUT2D eigenvalue weighted by molar-refractivity contribution is 7.16. The van der Waals surface area contributed by atoms with Gasteiger partial charge < -0.3 is 10.6 Å². The maximum Gasteiger partial charge on any atom is 0.276 e. The number of thiophene rings is 1. The lowest BCUT2D eigenvalue weighted by atomic mass is 10.1. The molecule has 0 atom stereocenters. The van der Waals surface area contributed by atoms with E-state index in [0.29, 0.717) is 35.8 Å². The number of pyridine rings is 1. The van der Waals surface area contributed by atoms with Gasteiger partial charge in [-0.3, -0.25) is 19.3 Å². The minimum atomic E-state index is -0.322. The van der Waals surface area contributed by atoms with Gasteiger partial charge in [-0.2, -0.15) is 5.10 Å². The Kier molecular flexibility index (Phi) is 6.20. The first-order chi connectivity index (χ1) is 13.5. The summed E-state index contributed by atoms with van der Waals surface area (Å²) in [6.07, 6.45) is 5.87. The van der Waals surface area contributed by atoms with Crippen molar-refractivity contribution in [3.63, 3.8) is 0 Å². The molecule has 0 saturated carbocycles. The van der Waals surface area contributed by atoms with Crippen LogP contribution in [0.15, 0.2) is 36.8 Å². The van der Waals surface area contributed by atoms with Crippen LogP contribution in [0, 0.1) is 6.92 Å². The van der Waals surface area contributed by atoms with Crippen molar-refractivity contribution in [3.8, 4) is 0 Å². The zero-order valence-electron chi connectivity index (χ0n) is 16.2. The highest BCUT2D eigenvalue weighted by Gasteiger charge is 2.23. The Balaban J connectivity index is 1.81. The van der Waals surface area contributed by atoms with Gasteiger partial charge in [-0.15, -0.1) is 11.3 Å². The van der Waals surface area contributed by atoms with E-state index in [2.05, 4.69) is 20.7 Å². The number of aryl methyl sites for hydroxylation is 2. The van der Waals surface area contributed by atoms with Gasteiger partial charge in [0.2, 0.25) is 0 Å². The topological polar surface area (TPSA) is 88.9 Å². The van der Waals surface area contributed by atoms with Crippen molar-refractivity contribution in [3.05, 3.63) is 64.1 Å². The molecule has 0 radical (unpaired) electrons. The number of rotatable bonds is 7. The molecule has 0 bridgehead atoms. The summed E-state index contributed by atoms with van der Waals surface area (Å²) in [5, 5.41) is 10.6. The molecule has 0 aromatic carbocycles. The fourth-order valence-electron chi connectivity index (χ4n) is 2.93. The van der Waals surface area contributed by atoms with Crippen molar-refractivity contribution >= 4 is 28.2 Å². The first-order valence-electron chi connectivity index (χ1n) is 9.17. The van der Waals surface area contributed by atoms with E-state index in [0.717, 1.165) is 16.0 Å². The molecule has 146 valence electrons. The largest absolute Gasteiger partial charge is 0.348 e. The summed E-state index contributed by atoms with van der Waals surface area (Å²) in [5.74, 6) is -0.531. The summed E-state index contributed by atoms with van der Waals surface area (Å²) < 4.78 is 1.69. The van der Waals surface area contributed by atoms with Crippen molar-refractivity contribution in [2.75, 3.05) is 5.32 Å². The molecule has 8 heteroatoms. The van der Waals surface area contributed by atoms with Gasteiger partial charge in [-0.05, 0) is 43.5 Å². The summed E-state index contributed by atoms with van der Waals surface area (Å²) in [7, 11) is 0. The van der Waals surface area contributed by atoms with Crippen LogP contribution in [0.25, 0.3) is 0 Å². The van der Waals surface area contributed by atoms with E-state index in [4.69, 9.17) is 0 Å². The monoisotopic (exact) mass is 397 g/mol. The minimum Gasteiger partial charge on any atom is -0.348 e. The van der Waals surface area contributed by atoms with Gasteiger partial charge in [-0.1, -0.05) is 13.0 Å². The second kappa shape index (κ2) is 8.79. The Bertz CT molecular complexity index is 978. The van der Waals surface area contributed by atoms with Crippen molar-refractivity contribution in [2.45, 2.75) is 40.3 Å². The van der Waals surface area contributed by atoms with E-state index in [-0.39, 0.29) is 11.8 Å². The number of nitrogens with zero attached hydrogens (tertiary/aromatic N) is 3. The molecule has 0 aliphatic rings. The molecule has 0 spiro atoms. The van der Waals surface area contributed by atoms with Crippen LogP contribution in [0.5, 0.6) is 0 Å². The Morgan fingerprint density at radius 1 is 1.21 bits per heavy atom. The lowest BCUT2D eigenvalue weighted by Crippen LogP contribution is -2.25. The summed E-state index contributed by atoms with van der Waals surface area (Å²) in [5.41, 5.74) is 2.71. The Labute approximate surface area is 167 Å². The van der Waals surface area contributed by atoms with Crippen LogP contribution in [-0.2, 0) is 19.5 Å². The highest BCUT2D eigenvalue weighted by Crippen LogP contribution is 2.33. The second-order valence-electron chi connectivity index (χ2n) is 6.25. The minimum absolute atomic E-state index is 0.209. The quantitative estimate of drug-likeness (QED) is 0.639. The van der Waals surface area contributed by atoms with Crippen LogP contribution in [-0.4, -0.2) is 26.6 Å². The zero-order valence-corrected chi connectivity index (χ0v) is 17.0. The van der Waals surface area contributed by atoms with Crippen molar-refractivity contribution < 1.29 is 9.59 Å². The average molecular weight is 398 g/mol. The first kappa shape index (κ1) is 19.8. The molecule has 0 saturated heterocycles. The number of anilines is 1. The molecular formula is C20H23N5O2S. The van der Waals surface area contributed by atoms with Crippen molar-refractivity contribution in [2.24, 2.45) is 0 Å². The number of aromatic nitrogens is 3. The van der Waals surface area contributed by atoms with E-state index in [1.165, 1.54) is 11.3 Å². The Morgan fingerprint density at radius 2 is 2.04 bits per heavy atom. The average Bonchev–Trinajstić information content (AvgIpc) is 3.31. The van der Waals surface area contributed by atoms with E-state index >= 15 is 0 Å². The van der Waals surface area contributed by atoms with Gasteiger partial charge in [-0.25, -0.2) is 0 Å². The fraction of sp³-hybridized carbons (Fsp3) is 0.300. The molecule has 2 N–H and O–H groups in total. The Hall–Kier alpha value is -3.00. The molecule has 28 heavy (non-hydrogen) atoms. The SMILES string of the molecule is CCc1c(C)sc(NC(=O)c2ccn(CC)n2)c1C(=O)NCc1cccnc1. The lowest BCUT2D eigenvalue weighted by molar-refractivity contribution is 0.0951. The van der Waals surface area contributed by atoms with E-state index in [1.807, 2.05) is 32.9 Å². The highest BCUT2D eigenvalue weighted by atomic mass is 32.1. The fourth-order valence-corrected chi connectivity index (χ4v) is 4.07. The predicted octanol–water partition coefficient (Wildman–Crippen LogP) is 3.41. The third-order valence-electron chi connectivity index (χ3n) is 4.39. The Morgan fingerprint density at radius 3 is 2.68 bits per heavy atom. The van der Waals surface area contributed by atoms with Gasteiger partial charge in [0.15, 0.2) is 5.69 Å². The van der Waals surface area contributed by atoms with E-state index in [1.54, 1.807) is 29.3 Å². The summed E-state index contributed by atoms with van der Waals surface area (Å²) in [4.78, 5) is 30.6. The number of carbonyl (C=O) groups is 2. The lowest BCUT2D eigenvalue weighted by Gasteiger charge is -2.09. The van der Waals surface area contributed by atoms with Crippen LogP contribution < -0.4 is 10.6 Å². The van der Waals surface area contributed by atoms with Crippen molar-refractivity contribution in [1.29, 1.82) is 0 Å². The molecule has 0 fully saturated rings. The normalized spacial score (nSPS) is 10.7. The molecule has 0 aliphatic heterocycles. The molecule has 3 heterocycles. The molecule has 0 aliphatic carbocycles. The van der Waals surface area contributed by atoms with E-state index in [9.17, 15) is 9.59 Å². The van der Waals surface area contributed by atoms with Crippen LogP contribution in [0.2, 0.25) is 0 Å². The van der Waals surface area contributed by atoms with Crippen LogP contribution in [0.4, 0.5) is 5.00 Å². The van der Waals surface area contributed by atoms with Gasteiger partial charge >= 0.3 is 0 Å². The third-order valence-corrected chi connectivity index (χ3v) is 5.45. The number of nitrogens with one attached hydrogen (secondary N) is 2. The molecule has 0 unspecified atom stereocenters. The van der Waals surface area contributed by atoms with E-state index < -0.39 is 0 Å². The number of carbonyl (C=O) groups excluding carboxylic acids is 2. The summed E-state index contributed by atoms with van der Waals surface area (Å²) >= 11 is 1.41. The van der Waals surface area contributed by atoms with Crippen LogP contribution in [0.1, 0.15) is 50.7 Å². The summed E-state index contributed by atoms with van der Waals surface area (Å²) in [6.45, 7) is 6.98. The molecule has 3 aromatic heterocycles. The smallest absolute Gasteiger partial charge is 0.276 e. The van der Waals surface area contributed by atoms with Gasteiger partial charge in [0, 0.05) is 36.6 Å². The zero-order chi connectivity index (χ0) is 20.1. The van der Waals surface area contributed by atoms with Gasteiger partial charge in [0.05, 0.1) is 5.56 Å². The first-order valence-corrected chi connectivity index (χ1v) is 9.99. The molecule has 3 rings (SSSR count).